The predicted octanol–water partition coefficient (Wildman–Crippen LogP) is 3.72. The van der Waals surface area contributed by atoms with E-state index in [9.17, 15) is 4.79 Å². The lowest BCUT2D eigenvalue weighted by Crippen LogP contribution is -2.32. The van der Waals surface area contributed by atoms with Crippen molar-refractivity contribution in [2.24, 2.45) is 0 Å². The highest BCUT2D eigenvalue weighted by Crippen LogP contribution is 2.22. The van der Waals surface area contributed by atoms with Gasteiger partial charge in [0, 0.05) is 12.6 Å². The third-order valence-corrected chi connectivity index (χ3v) is 5.67. The molecule has 31 heavy (non-hydrogen) atoms. The Hall–Kier alpha value is -3.59. The highest BCUT2D eigenvalue weighted by atomic mass is 32.1. The first-order chi connectivity index (χ1) is 14.9. The Labute approximate surface area is 185 Å². The summed E-state index contributed by atoms with van der Waals surface area (Å²) in [5.41, 5.74) is 3.97. The number of aryl methyl sites for hydroxylation is 1. The van der Waals surface area contributed by atoms with Crippen LogP contribution in [0.25, 0.3) is 17.1 Å². The lowest BCUT2D eigenvalue weighted by atomic mass is 10.1. The number of H-pyrrole nitrogens is 1. The van der Waals surface area contributed by atoms with E-state index in [4.69, 9.17) is 12.2 Å². The van der Waals surface area contributed by atoms with E-state index in [2.05, 4.69) is 20.3 Å². The quantitative estimate of drug-likeness (QED) is 0.469. The van der Waals surface area contributed by atoms with Crippen LogP contribution in [0.5, 0.6) is 0 Å². The minimum absolute atomic E-state index is 0.0562. The molecule has 1 N–H and O–H groups in total. The summed E-state index contributed by atoms with van der Waals surface area (Å²) in [7, 11) is 1.80. The number of carbonyl (C=O) groups excluding carboxylic acids is 1. The molecule has 1 unspecified atom stereocenters. The zero-order chi connectivity index (χ0) is 22.0. The van der Waals surface area contributed by atoms with Crippen LogP contribution in [0.3, 0.4) is 0 Å². The lowest BCUT2D eigenvalue weighted by molar-refractivity contribution is -0.132. The molecule has 1 atom stereocenters. The smallest absolute Gasteiger partial charge is 0.242 e. The van der Waals surface area contributed by atoms with E-state index in [-0.39, 0.29) is 18.5 Å². The van der Waals surface area contributed by atoms with Crippen LogP contribution in [0.15, 0.2) is 61.2 Å². The summed E-state index contributed by atoms with van der Waals surface area (Å²) in [6, 6.07) is 15.8. The van der Waals surface area contributed by atoms with Crippen molar-refractivity contribution in [1.82, 2.24) is 34.4 Å². The van der Waals surface area contributed by atoms with Crippen molar-refractivity contribution in [2.45, 2.75) is 26.4 Å². The summed E-state index contributed by atoms with van der Waals surface area (Å²) in [4.78, 5) is 18.8. The van der Waals surface area contributed by atoms with Crippen molar-refractivity contribution in [3.8, 4) is 17.1 Å². The molecule has 0 aliphatic rings. The van der Waals surface area contributed by atoms with E-state index in [1.54, 1.807) is 27.5 Å². The fourth-order valence-electron chi connectivity index (χ4n) is 3.40. The largest absolute Gasteiger partial charge is 0.337 e. The van der Waals surface area contributed by atoms with Crippen molar-refractivity contribution in [3.05, 3.63) is 77.1 Å². The number of aromatic nitrogens is 6. The molecular formula is C22H23N7OS. The van der Waals surface area contributed by atoms with Gasteiger partial charge in [-0.2, -0.15) is 10.2 Å². The topological polar surface area (TPSA) is 84.6 Å². The Morgan fingerprint density at radius 1 is 1.23 bits per heavy atom. The van der Waals surface area contributed by atoms with Gasteiger partial charge in [-0.15, -0.1) is 0 Å². The molecule has 4 rings (SSSR count). The summed E-state index contributed by atoms with van der Waals surface area (Å²) in [6.07, 6.45) is 3.14. The van der Waals surface area contributed by atoms with Crippen LogP contribution in [-0.2, 0) is 11.3 Å². The Bertz CT molecular complexity index is 1240. The van der Waals surface area contributed by atoms with E-state index in [1.165, 1.54) is 6.33 Å². The maximum atomic E-state index is 13.1. The van der Waals surface area contributed by atoms with Crippen LogP contribution in [0.1, 0.15) is 24.1 Å². The predicted molar refractivity (Wildman–Crippen MR) is 120 cm³/mol. The van der Waals surface area contributed by atoms with E-state index in [0.29, 0.717) is 10.6 Å². The zero-order valence-corrected chi connectivity index (χ0v) is 18.4. The molecule has 0 saturated carbocycles. The second-order valence-electron chi connectivity index (χ2n) is 7.42. The van der Waals surface area contributed by atoms with E-state index in [0.717, 1.165) is 22.4 Å². The number of carbonyl (C=O) groups is 1. The normalized spacial score (nSPS) is 12.0. The van der Waals surface area contributed by atoms with E-state index < -0.39 is 0 Å². The first-order valence-electron chi connectivity index (χ1n) is 9.87. The Morgan fingerprint density at radius 3 is 2.68 bits per heavy atom. The van der Waals surface area contributed by atoms with Gasteiger partial charge in [-0.05, 0) is 49.8 Å². The molecule has 0 aliphatic heterocycles. The molecule has 0 spiro atoms. The fourth-order valence-corrected chi connectivity index (χ4v) is 3.60. The second kappa shape index (κ2) is 8.65. The first kappa shape index (κ1) is 20.7. The molecule has 9 heteroatoms. The molecule has 4 aromatic rings. The molecule has 0 radical (unpaired) electrons. The van der Waals surface area contributed by atoms with E-state index in [1.807, 2.05) is 62.4 Å². The molecule has 0 saturated heterocycles. The zero-order valence-electron chi connectivity index (χ0n) is 17.6. The number of rotatable bonds is 6. The molecular weight excluding hydrogens is 410 g/mol. The number of benzene rings is 2. The number of nitrogens with zero attached hydrogens (tertiary/aromatic N) is 6. The van der Waals surface area contributed by atoms with Crippen LogP contribution in [0.4, 0.5) is 0 Å². The third-order valence-electron chi connectivity index (χ3n) is 5.36. The highest BCUT2D eigenvalue weighted by molar-refractivity contribution is 7.71. The summed E-state index contributed by atoms with van der Waals surface area (Å²) in [6.45, 7) is 4.12. The van der Waals surface area contributed by atoms with Crippen molar-refractivity contribution in [1.29, 1.82) is 0 Å². The van der Waals surface area contributed by atoms with Crippen LogP contribution in [0, 0.1) is 11.7 Å². The van der Waals surface area contributed by atoms with Gasteiger partial charge in [-0.1, -0.05) is 35.9 Å². The van der Waals surface area contributed by atoms with Crippen molar-refractivity contribution in [2.75, 3.05) is 7.05 Å². The molecule has 2 aromatic carbocycles. The van der Waals surface area contributed by atoms with Gasteiger partial charge in [0.1, 0.15) is 19.2 Å². The van der Waals surface area contributed by atoms with E-state index >= 15 is 0 Å². The number of aromatic amines is 1. The van der Waals surface area contributed by atoms with Crippen molar-refractivity contribution < 1.29 is 4.79 Å². The van der Waals surface area contributed by atoms with Gasteiger partial charge in [0.05, 0.1) is 11.7 Å². The lowest BCUT2D eigenvalue weighted by Gasteiger charge is -2.26. The van der Waals surface area contributed by atoms with Crippen molar-refractivity contribution in [3.63, 3.8) is 0 Å². The highest BCUT2D eigenvalue weighted by Gasteiger charge is 2.20. The third kappa shape index (κ3) is 4.31. The average Bonchev–Trinajstić information content (AvgIpc) is 3.43. The van der Waals surface area contributed by atoms with Gasteiger partial charge < -0.3 is 4.90 Å². The van der Waals surface area contributed by atoms with Gasteiger partial charge in [0.2, 0.25) is 5.91 Å². The summed E-state index contributed by atoms with van der Waals surface area (Å²) < 4.78 is 3.85. The van der Waals surface area contributed by atoms with Gasteiger partial charge in [-0.3, -0.25) is 14.5 Å². The Balaban J connectivity index is 1.51. The molecule has 2 heterocycles. The minimum atomic E-state index is -0.110. The number of likely N-dealkylation sites (N-methyl/N-ethyl adjacent to an activating group) is 1. The SMILES string of the molecule is Cc1cccc(-c2n[nH]c(=S)n2CC(=O)N(C)C(C)c2ccc(-n3cncn3)cc2)c1. The number of nitrogens with one attached hydrogen (secondary N) is 1. The molecule has 2 aromatic heterocycles. The van der Waals surface area contributed by atoms with Gasteiger partial charge in [-0.25, -0.2) is 9.67 Å². The van der Waals surface area contributed by atoms with Gasteiger partial charge >= 0.3 is 0 Å². The summed E-state index contributed by atoms with van der Waals surface area (Å²) >= 11 is 5.38. The Kier molecular flexibility index (Phi) is 5.77. The summed E-state index contributed by atoms with van der Waals surface area (Å²) in [5.74, 6) is 0.597. The number of hydrogen-bond donors (Lipinski definition) is 1. The average molecular weight is 434 g/mol. The molecule has 1 amide bonds. The van der Waals surface area contributed by atoms with Crippen LogP contribution < -0.4 is 0 Å². The summed E-state index contributed by atoms with van der Waals surface area (Å²) in [5, 5.41) is 11.3. The molecule has 8 nitrogen and oxygen atoms in total. The maximum Gasteiger partial charge on any atom is 0.242 e. The molecule has 0 bridgehead atoms. The van der Waals surface area contributed by atoms with Crippen LogP contribution in [0.2, 0.25) is 0 Å². The van der Waals surface area contributed by atoms with Gasteiger partial charge in [0.25, 0.3) is 0 Å². The maximum absolute atomic E-state index is 13.1. The second-order valence-corrected chi connectivity index (χ2v) is 7.81. The number of hydrogen-bond acceptors (Lipinski definition) is 5. The van der Waals surface area contributed by atoms with Crippen LogP contribution in [-0.4, -0.2) is 47.4 Å². The fraction of sp³-hybridized carbons (Fsp3) is 0.227. The molecule has 158 valence electrons. The number of amides is 1. The molecule has 0 aliphatic carbocycles. The minimum Gasteiger partial charge on any atom is -0.337 e. The van der Waals surface area contributed by atoms with Gasteiger partial charge in [0.15, 0.2) is 10.6 Å². The Morgan fingerprint density at radius 2 is 2.00 bits per heavy atom. The monoisotopic (exact) mass is 433 g/mol. The molecule has 0 fully saturated rings. The standard InChI is InChI=1S/C22H23N7OS/c1-15-5-4-6-18(11-15)21-25-26-22(31)28(21)12-20(30)27(3)16(2)17-7-9-19(10-8-17)29-14-23-13-24-29/h4-11,13-14,16H,12H2,1-3H3,(H,26,31). The van der Waals surface area contributed by atoms with Crippen LogP contribution >= 0.6 is 12.2 Å². The first-order valence-corrected chi connectivity index (χ1v) is 10.3. The van der Waals surface area contributed by atoms with Crippen molar-refractivity contribution >= 4 is 18.1 Å².